The third-order valence-electron chi connectivity index (χ3n) is 4.98. The molecule has 1 aliphatic rings. The third-order valence-corrected chi connectivity index (χ3v) is 4.98. The molecule has 0 saturated carbocycles. The van der Waals surface area contributed by atoms with Crippen molar-refractivity contribution >= 4 is 5.84 Å². The molecule has 26 heavy (non-hydrogen) atoms. The van der Waals surface area contributed by atoms with E-state index in [1.54, 1.807) is 0 Å². The van der Waals surface area contributed by atoms with Crippen molar-refractivity contribution in [1.82, 2.24) is 5.32 Å². The normalized spacial score (nSPS) is 17.1. The maximum absolute atomic E-state index is 5.86. The standard InChI is InChI=1S/C22H37N3O/c1-2-3-4-5-6-7-8-9-10-11-18-26-20-14-12-19(13-15-20)22-24-17-16-21(23)25-22/h12-15,22,24H,2-11,16-18H2,1H3,(H2,23,25). The fourth-order valence-electron chi connectivity index (χ4n) is 3.33. The van der Waals surface area contributed by atoms with Crippen LogP contribution in [0.2, 0.25) is 0 Å². The number of ether oxygens (including phenoxy) is 1. The van der Waals surface area contributed by atoms with Gasteiger partial charge in [-0.25, -0.2) is 4.99 Å². The van der Waals surface area contributed by atoms with Crippen molar-refractivity contribution in [2.24, 2.45) is 10.7 Å². The predicted molar refractivity (Wildman–Crippen MR) is 111 cm³/mol. The predicted octanol–water partition coefficient (Wildman–Crippen LogP) is 5.34. The molecular weight excluding hydrogens is 322 g/mol. The van der Waals surface area contributed by atoms with Crippen LogP contribution in [0, 0.1) is 0 Å². The molecule has 3 N–H and O–H groups in total. The summed E-state index contributed by atoms with van der Waals surface area (Å²) < 4.78 is 5.86. The van der Waals surface area contributed by atoms with Gasteiger partial charge in [0.1, 0.15) is 11.9 Å². The van der Waals surface area contributed by atoms with E-state index in [2.05, 4.69) is 29.4 Å². The van der Waals surface area contributed by atoms with Crippen molar-refractivity contribution in [1.29, 1.82) is 0 Å². The van der Waals surface area contributed by atoms with Crippen LogP contribution in [0.25, 0.3) is 0 Å². The molecule has 1 aromatic rings. The highest BCUT2D eigenvalue weighted by Gasteiger charge is 2.14. The Morgan fingerprint density at radius 3 is 2.19 bits per heavy atom. The molecule has 4 nitrogen and oxygen atoms in total. The van der Waals surface area contributed by atoms with Gasteiger partial charge in [0.2, 0.25) is 0 Å². The Balaban J connectivity index is 1.51. The van der Waals surface area contributed by atoms with Crippen molar-refractivity contribution in [3.63, 3.8) is 0 Å². The fourth-order valence-corrected chi connectivity index (χ4v) is 3.33. The molecule has 4 heteroatoms. The van der Waals surface area contributed by atoms with Crippen LogP contribution in [0.4, 0.5) is 0 Å². The minimum Gasteiger partial charge on any atom is -0.494 e. The first-order chi connectivity index (χ1) is 12.8. The zero-order valence-electron chi connectivity index (χ0n) is 16.5. The summed E-state index contributed by atoms with van der Waals surface area (Å²) in [5.74, 6) is 1.67. The molecule has 0 spiro atoms. The van der Waals surface area contributed by atoms with Gasteiger partial charge in [-0.3, -0.25) is 5.32 Å². The molecule has 0 fully saturated rings. The second kappa shape index (κ2) is 12.7. The molecule has 1 heterocycles. The molecular formula is C22H37N3O. The number of hydrogen-bond donors (Lipinski definition) is 2. The number of amidine groups is 1. The Bertz CT molecular complexity index is 513. The zero-order valence-corrected chi connectivity index (χ0v) is 16.5. The minimum atomic E-state index is -0.0141. The van der Waals surface area contributed by atoms with E-state index >= 15 is 0 Å². The van der Waals surface area contributed by atoms with E-state index in [4.69, 9.17) is 10.5 Å². The van der Waals surface area contributed by atoms with Gasteiger partial charge in [0.05, 0.1) is 12.4 Å². The second-order valence-electron chi connectivity index (χ2n) is 7.33. The molecule has 0 aromatic heterocycles. The Kier molecular flexibility index (Phi) is 10.2. The topological polar surface area (TPSA) is 59.6 Å². The number of benzene rings is 1. The van der Waals surface area contributed by atoms with Crippen molar-refractivity contribution in [3.05, 3.63) is 29.8 Å². The van der Waals surface area contributed by atoms with E-state index in [0.717, 1.165) is 43.1 Å². The minimum absolute atomic E-state index is 0.0141. The van der Waals surface area contributed by atoms with Gasteiger partial charge in [-0.1, -0.05) is 76.8 Å². The lowest BCUT2D eigenvalue weighted by molar-refractivity contribution is 0.304. The number of hydrogen-bond acceptors (Lipinski definition) is 4. The highest BCUT2D eigenvalue weighted by molar-refractivity contribution is 5.81. The number of unbranched alkanes of at least 4 members (excludes halogenated alkanes) is 9. The van der Waals surface area contributed by atoms with E-state index in [1.807, 2.05) is 12.1 Å². The van der Waals surface area contributed by atoms with Gasteiger partial charge in [0.25, 0.3) is 0 Å². The number of aliphatic imine (C=N–C) groups is 1. The lowest BCUT2D eigenvalue weighted by atomic mass is 10.1. The van der Waals surface area contributed by atoms with Crippen molar-refractivity contribution in [2.45, 2.75) is 83.7 Å². The van der Waals surface area contributed by atoms with Gasteiger partial charge in [-0.2, -0.15) is 0 Å². The summed E-state index contributed by atoms with van der Waals surface area (Å²) in [6.07, 6.45) is 14.3. The van der Waals surface area contributed by atoms with Gasteiger partial charge in [0.15, 0.2) is 0 Å². The van der Waals surface area contributed by atoms with Crippen LogP contribution < -0.4 is 15.8 Å². The molecule has 0 aliphatic carbocycles. The van der Waals surface area contributed by atoms with Crippen LogP contribution in [-0.4, -0.2) is 19.0 Å². The molecule has 2 rings (SSSR count). The maximum atomic E-state index is 5.86. The highest BCUT2D eigenvalue weighted by atomic mass is 16.5. The lowest BCUT2D eigenvalue weighted by Gasteiger charge is -2.20. The molecule has 0 amide bonds. The van der Waals surface area contributed by atoms with Crippen LogP contribution >= 0.6 is 0 Å². The Labute approximate surface area is 159 Å². The van der Waals surface area contributed by atoms with Gasteiger partial charge in [-0.15, -0.1) is 0 Å². The lowest BCUT2D eigenvalue weighted by Crippen LogP contribution is -2.32. The summed E-state index contributed by atoms with van der Waals surface area (Å²) in [5, 5.41) is 3.37. The summed E-state index contributed by atoms with van der Waals surface area (Å²) in [6, 6.07) is 8.22. The van der Waals surface area contributed by atoms with Crippen molar-refractivity contribution < 1.29 is 4.74 Å². The number of nitrogens with two attached hydrogens (primary N) is 1. The zero-order chi connectivity index (χ0) is 18.5. The van der Waals surface area contributed by atoms with Gasteiger partial charge in [-0.05, 0) is 24.1 Å². The first-order valence-corrected chi connectivity index (χ1v) is 10.6. The summed E-state index contributed by atoms with van der Waals surface area (Å²) in [4.78, 5) is 4.46. The molecule has 146 valence electrons. The van der Waals surface area contributed by atoms with Crippen LogP contribution in [0.15, 0.2) is 29.3 Å². The van der Waals surface area contributed by atoms with E-state index in [9.17, 15) is 0 Å². The molecule has 0 radical (unpaired) electrons. The van der Waals surface area contributed by atoms with Crippen LogP contribution in [0.5, 0.6) is 5.75 Å². The molecule has 1 aromatic carbocycles. The Morgan fingerprint density at radius 2 is 1.58 bits per heavy atom. The van der Waals surface area contributed by atoms with E-state index in [0.29, 0.717) is 0 Å². The average molecular weight is 360 g/mol. The molecule has 1 aliphatic heterocycles. The van der Waals surface area contributed by atoms with Crippen LogP contribution in [0.1, 0.15) is 89.3 Å². The maximum Gasteiger partial charge on any atom is 0.127 e. The highest BCUT2D eigenvalue weighted by Crippen LogP contribution is 2.21. The van der Waals surface area contributed by atoms with Crippen LogP contribution in [-0.2, 0) is 0 Å². The van der Waals surface area contributed by atoms with Gasteiger partial charge < -0.3 is 10.5 Å². The summed E-state index contributed by atoms with van der Waals surface area (Å²) >= 11 is 0. The summed E-state index contributed by atoms with van der Waals surface area (Å²) in [7, 11) is 0. The van der Waals surface area contributed by atoms with Gasteiger partial charge in [0, 0.05) is 13.0 Å². The van der Waals surface area contributed by atoms with E-state index in [-0.39, 0.29) is 6.17 Å². The fraction of sp³-hybridized carbons (Fsp3) is 0.682. The van der Waals surface area contributed by atoms with Crippen LogP contribution in [0.3, 0.4) is 0 Å². The van der Waals surface area contributed by atoms with Gasteiger partial charge >= 0.3 is 0 Å². The average Bonchev–Trinajstić information content (AvgIpc) is 2.66. The smallest absolute Gasteiger partial charge is 0.127 e. The van der Waals surface area contributed by atoms with E-state index < -0.39 is 0 Å². The first-order valence-electron chi connectivity index (χ1n) is 10.6. The largest absolute Gasteiger partial charge is 0.494 e. The second-order valence-corrected chi connectivity index (χ2v) is 7.33. The molecule has 1 unspecified atom stereocenters. The number of nitrogens with zero attached hydrogens (tertiary/aromatic N) is 1. The molecule has 1 atom stereocenters. The summed E-state index contributed by atoms with van der Waals surface area (Å²) in [5.41, 5.74) is 6.97. The monoisotopic (exact) mass is 359 g/mol. The number of rotatable bonds is 13. The Hall–Kier alpha value is -1.55. The van der Waals surface area contributed by atoms with Crippen molar-refractivity contribution in [2.75, 3.05) is 13.2 Å². The molecule has 0 bridgehead atoms. The van der Waals surface area contributed by atoms with E-state index in [1.165, 1.54) is 57.8 Å². The summed E-state index contributed by atoms with van der Waals surface area (Å²) in [6.45, 7) is 3.97. The Morgan fingerprint density at radius 1 is 0.962 bits per heavy atom. The quantitative estimate of drug-likeness (QED) is 0.468. The van der Waals surface area contributed by atoms with Crippen molar-refractivity contribution in [3.8, 4) is 5.75 Å². The number of nitrogens with one attached hydrogen (secondary N) is 1. The SMILES string of the molecule is CCCCCCCCCCCCOc1ccc(C2N=C(N)CCN2)cc1. The first kappa shape index (κ1) is 20.8. The molecule has 0 saturated heterocycles. The third kappa shape index (κ3) is 8.22.